The van der Waals surface area contributed by atoms with Crippen LogP contribution >= 0.6 is 11.6 Å². The van der Waals surface area contributed by atoms with E-state index in [0.29, 0.717) is 0 Å². The Bertz CT molecular complexity index is 936. The summed E-state index contributed by atoms with van der Waals surface area (Å²) < 4.78 is 28.6. The first-order chi connectivity index (χ1) is 13.3. The Kier molecular flexibility index (Phi) is 6.72. The van der Waals surface area contributed by atoms with Gasteiger partial charge in [0.05, 0.1) is 35.4 Å². The van der Waals surface area contributed by atoms with Crippen molar-refractivity contribution in [3.05, 3.63) is 56.8 Å². The summed E-state index contributed by atoms with van der Waals surface area (Å²) in [6.07, 6.45) is 0. The second-order valence-electron chi connectivity index (χ2n) is 5.24. The minimum absolute atomic E-state index is 0.00280. The lowest BCUT2D eigenvalue weighted by molar-refractivity contribution is -0.384. The third kappa shape index (κ3) is 4.86. The van der Waals surface area contributed by atoms with Crippen molar-refractivity contribution in [2.75, 3.05) is 26.1 Å². The number of nitro benzene ring substituents is 1. The summed E-state index contributed by atoms with van der Waals surface area (Å²) in [4.78, 5) is 34.0. The van der Waals surface area contributed by atoms with Gasteiger partial charge in [0.25, 0.3) is 11.6 Å². The van der Waals surface area contributed by atoms with E-state index in [9.17, 15) is 24.1 Å². The van der Waals surface area contributed by atoms with Crippen LogP contribution in [0, 0.1) is 15.9 Å². The summed E-state index contributed by atoms with van der Waals surface area (Å²) >= 11 is 6.00. The van der Waals surface area contributed by atoms with Crippen LogP contribution in [0.5, 0.6) is 11.5 Å². The van der Waals surface area contributed by atoms with Gasteiger partial charge in [0.15, 0.2) is 18.1 Å². The van der Waals surface area contributed by atoms with Crippen LogP contribution in [0.1, 0.15) is 10.4 Å². The van der Waals surface area contributed by atoms with Crippen LogP contribution in [-0.2, 0) is 9.53 Å². The van der Waals surface area contributed by atoms with E-state index in [1.165, 1.54) is 26.4 Å². The van der Waals surface area contributed by atoms with Crippen LogP contribution in [-0.4, -0.2) is 37.6 Å². The van der Waals surface area contributed by atoms with E-state index in [4.69, 9.17) is 25.8 Å². The number of benzene rings is 2. The van der Waals surface area contributed by atoms with Gasteiger partial charge in [0.1, 0.15) is 5.82 Å². The molecule has 2 aromatic rings. The van der Waals surface area contributed by atoms with Gasteiger partial charge >= 0.3 is 5.97 Å². The Balaban J connectivity index is 2.05. The monoisotopic (exact) mass is 412 g/mol. The van der Waals surface area contributed by atoms with E-state index >= 15 is 0 Å². The molecule has 2 rings (SSSR count). The number of amides is 1. The number of halogens is 2. The minimum atomic E-state index is -0.891. The molecule has 1 amide bonds. The maximum absolute atomic E-state index is 13.7. The molecule has 0 aromatic heterocycles. The molecule has 0 aliphatic heterocycles. The van der Waals surface area contributed by atoms with Gasteiger partial charge in [-0.3, -0.25) is 14.9 Å². The van der Waals surface area contributed by atoms with Crippen molar-refractivity contribution in [1.29, 1.82) is 0 Å². The highest BCUT2D eigenvalue weighted by Crippen LogP contribution is 2.36. The van der Waals surface area contributed by atoms with Gasteiger partial charge in [-0.05, 0) is 18.2 Å². The van der Waals surface area contributed by atoms with Crippen molar-refractivity contribution in [2.45, 2.75) is 0 Å². The van der Waals surface area contributed by atoms with Gasteiger partial charge in [-0.15, -0.1) is 0 Å². The van der Waals surface area contributed by atoms with Crippen molar-refractivity contribution in [3.8, 4) is 11.5 Å². The fraction of sp³-hybridized carbons (Fsp3) is 0.176. The van der Waals surface area contributed by atoms with Crippen molar-refractivity contribution < 1.29 is 33.1 Å². The molecule has 0 fully saturated rings. The molecule has 0 atom stereocenters. The molecule has 0 aliphatic carbocycles. The number of hydrogen-bond donors (Lipinski definition) is 1. The topological polar surface area (TPSA) is 117 Å². The summed E-state index contributed by atoms with van der Waals surface area (Å²) in [7, 11) is 2.73. The van der Waals surface area contributed by atoms with Crippen molar-refractivity contribution in [3.63, 3.8) is 0 Å². The van der Waals surface area contributed by atoms with Crippen molar-refractivity contribution >= 4 is 34.9 Å². The second-order valence-corrected chi connectivity index (χ2v) is 5.65. The number of anilines is 1. The van der Waals surface area contributed by atoms with Gasteiger partial charge in [-0.2, -0.15) is 0 Å². The third-order valence-electron chi connectivity index (χ3n) is 3.44. The lowest BCUT2D eigenvalue weighted by atomic mass is 10.2. The van der Waals surface area contributed by atoms with Gasteiger partial charge in [-0.25, -0.2) is 9.18 Å². The number of esters is 1. The highest BCUT2D eigenvalue weighted by Gasteiger charge is 2.18. The molecule has 0 radical (unpaired) electrons. The van der Waals surface area contributed by atoms with E-state index in [-0.39, 0.29) is 22.1 Å². The van der Waals surface area contributed by atoms with Crippen LogP contribution in [0.2, 0.25) is 5.02 Å². The van der Waals surface area contributed by atoms with Crippen LogP contribution in [0.4, 0.5) is 15.8 Å². The normalized spacial score (nSPS) is 10.1. The number of rotatable bonds is 7. The minimum Gasteiger partial charge on any atom is -0.493 e. The zero-order chi connectivity index (χ0) is 20.8. The number of nitrogens with one attached hydrogen (secondary N) is 1. The summed E-state index contributed by atoms with van der Waals surface area (Å²) in [6, 6.07) is 5.22. The van der Waals surface area contributed by atoms with Gasteiger partial charge in [0, 0.05) is 12.1 Å². The molecule has 0 spiro atoms. The summed E-state index contributed by atoms with van der Waals surface area (Å²) in [6.45, 7) is -0.757. The molecule has 148 valence electrons. The predicted octanol–water partition coefficient (Wildman–Crippen LogP) is 3.20. The van der Waals surface area contributed by atoms with E-state index in [2.05, 4.69) is 5.32 Å². The van der Waals surface area contributed by atoms with Crippen molar-refractivity contribution in [2.24, 2.45) is 0 Å². The summed E-state index contributed by atoms with van der Waals surface area (Å²) in [5, 5.41) is 12.9. The zero-order valence-electron chi connectivity index (χ0n) is 14.7. The Labute approximate surface area is 163 Å². The van der Waals surface area contributed by atoms with Gasteiger partial charge in [0.2, 0.25) is 0 Å². The maximum atomic E-state index is 13.7. The first kappa shape index (κ1) is 20.9. The van der Waals surface area contributed by atoms with E-state index in [1.54, 1.807) is 0 Å². The fourth-order valence-electron chi connectivity index (χ4n) is 2.16. The molecule has 9 nitrogen and oxygen atoms in total. The largest absolute Gasteiger partial charge is 0.493 e. The number of ether oxygens (including phenoxy) is 3. The molecular weight excluding hydrogens is 399 g/mol. The standard InChI is InChI=1S/C17H14ClFN2O7/c1-26-14-6-9(5-11(18)16(14)27-2)17(23)28-8-15(22)20-13-7-10(21(24)25)3-4-12(13)19/h3-7H,8H2,1-2H3,(H,20,22). The average molecular weight is 413 g/mol. The van der Waals surface area contributed by atoms with E-state index in [0.717, 1.165) is 18.2 Å². The molecule has 2 aromatic carbocycles. The van der Waals surface area contributed by atoms with Gasteiger partial charge in [-0.1, -0.05) is 11.6 Å². The Hall–Kier alpha value is -3.40. The predicted molar refractivity (Wildman–Crippen MR) is 96.5 cm³/mol. The maximum Gasteiger partial charge on any atom is 0.338 e. The van der Waals surface area contributed by atoms with Crippen molar-refractivity contribution in [1.82, 2.24) is 0 Å². The quantitative estimate of drug-likeness (QED) is 0.421. The zero-order valence-corrected chi connectivity index (χ0v) is 15.4. The molecule has 1 N–H and O–H groups in total. The van der Waals surface area contributed by atoms with Crippen LogP contribution in [0.3, 0.4) is 0 Å². The van der Waals surface area contributed by atoms with Gasteiger partial charge < -0.3 is 19.5 Å². The molecule has 0 heterocycles. The number of nitrogens with zero attached hydrogens (tertiary/aromatic N) is 1. The van der Waals surface area contributed by atoms with Crippen LogP contribution in [0.25, 0.3) is 0 Å². The molecule has 0 aliphatic rings. The molecular formula is C17H14ClFN2O7. The summed E-state index contributed by atoms with van der Waals surface area (Å²) in [5.41, 5.74) is -0.824. The number of carbonyl (C=O) groups excluding carboxylic acids is 2. The number of hydrogen-bond acceptors (Lipinski definition) is 7. The SMILES string of the molecule is COc1cc(C(=O)OCC(=O)Nc2cc([N+](=O)[O-])ccc2F)cc(Cl)c1OC. The molecule has 0 bridgehead atoms. The highest BCUT2D eigenvalue weighted by molar-refractivity contribution is 6.32. The third-order valence-corrected chi connectivity index (χ3v) is 3.72. The number of nitro groups is 1. The summed E-state index contributed by atoms with van der Waals surface area (Å²) in [5.74, 6) is -2.25. The Morgan fingerprint density at radius 2 is 1.93 bits per heavy atom. The molecule has 0 saturated heterocycles. The van der Waals surface area contributed by atoms with E-state index < -0.39 is 40.6 Å². The lowest BCUT2D eigenvalue weighted by Crippen LogP contribution is -2.21. The average Bonchev–Trinajstić information content (AvgIpc) is 2.66. The molecule has 28 heavy (non-hydrogen) atoms. The highest BCUT2D eigenvalue weighted by atomic mass is 35.5. The molecule has 0 saturated carbocycles. The first-order valence-electron chi connectivity index (χ1n) is 7.59. The molecule has 0 unspecified atom stereocenters. The fourth-order valence-corrected chi connectivity index (χ4v) is 2.45. The molecule has 11 heteroatoms. The van der Waals surface area contributed by atoms with Crippen LogP contribution < -0.4 is 14.8 Å². The van der Waals surface area contributed by atoms with E-state index in [1.807, 2.05) is 0 Å². The Morgan fingerprint density at radius 1 is 1.21 bits per heavy atom. The second kappa shape index (κ2) is 9.00. The number of carbonyl (C=O) groups is 2. The smallest absolute Gasteiger partial charge is 0.338 e. The first-order valence-corrected chi connectivity index (χ1v) is 7.97. The number of methoxy groups -OCH3 is 2. The Morgan fingerprint density at radius 3 is 2.54 bits per heavy atom. The lowest BCUT2D eigenvalue weighted by Gasteiger charge is -2.11. The number of non-ortho nitro benzene ring substituents is 1. The van der Waals surface area contributed by atoms with Crippen LogP contribution in [0.15, 0.2) is 30.3 Å².